The average molecular weight is 417 g/mol. The minimum Gasteiger partial charge on any atom is -0.362 e. The van der Waals surface area contributed by atoms with Crippen molar-refractivity contribution in [3.05, 3.63) is 40.5 Å². The molecule has 1 aliphatic rings. The number of alkyl halides is 3. The second kappa shape index (κ2) is 5.95. The minimum absolute atomic E-state index is 0.0000891. The Morgan fingerprint density at radius 3 is 2.76 bits per heavy atom. The van der Waals surface area contributed by atoms with Crippen LogP contribution in [0.25, 0.3) is 11.3 Å². The molecule has 6 nitrogen and oxygen atoms in total. The summed E-state index contributed by atoms with van der Waals surface area (Å²) in [6.07, 6.45) is -5.84. The highest BCUT2D eigenvalue weighted by Crippen LogP contribution is 2.40. The lowest BCUT2D eigenvalue weighted by Crippen LogP contribution is -2.56. The van der Waals surface area contributed by atoms with Crippen LogP contribution in [0.2, 0.25) is 0 Å². The molecule has 0 bridgehead atoms. The first-order valence-electron chi connectivity index (χ1n) is 7.11. The number of aromatic nitrogens is 2. The number of hydrogen-bond acceptors (Lipinski definition) is 4. The van der Waals surface area contributed by atoms with Crippen LogP contribution >= 0.6 is 15.9 Å². The smallest absolute Gasteiger partial charge is 0.362 e. The summed E-state index contributed by atoms with van der Waals surface area (Å²) in [6.45, 7) is 1.31. The molecule has 0 radical (unpaired) electrons. The number of nitrogens with zero attached hydrogens (tertiary/aromatic N) is 3. The number of carbonyl (C=O) groups is 1. The summed E-state index contributed by atoms with van der Waals surface area (Å²) < 4.78 is 40.4. The maximum Gasteiger partial charge on any atom is 0.438 e. The molecule has 0 unspecified atom stereocenters. The first-order chi connectivity index (χ1) is 11.6. The predicted octanol–water partition coefficient (Wildman–Crippen LogP) is 3.31. The van der Waals surface area contributed by atoms with E-state index in [1.54, 1.807) is 24.3 Å². The third-order valence-electron chi connectivity index (χ3n) is 3.70. The van der Waals surface area contributed by atoms with Gasteiger partial charge in [-0.15, -0.1) is 0 Å². The van der Waals surface area contributed by atoms with Gasteiger partial charge in [-0.25, -0.2) is 0 Å². The monoisotopic (exact) mass is 416 g/mol. The average Bonchev–Trinajstić information content (AvgIpc) is 3.11. The van der Waals surface area contributed by atoms with Crippen LogP contribution < -0.4 is 0 Å². The maximum absolute atomic E-state index is 13.2. The minimum atomic E-state index is -5.04. The van der Waals surface area contributed by atoms with Crippen molar-refractivity contribution in [3.63, 3.8) is 0 Å². The van der Waals surface area contributed by atoms with Crippen LogP contribution in [0, 0.1) is 0 Å². The van der Waals surface area contributed by atoms with Gasteiger partial charge in [-0.2, -0.15) is 28.4 Å². The van der Waals surface area contributed by atoms with E-state index in [0.717, 1.165) is 4.47 Å². The highest BCUT2D eigenvalue weighted by molar-refractivity contribution is 9.10. The van der Waals surface area contributed by atoms with Crippen molar-refractivity contribution in [3.8, 4) is 11.3 Å². The highest BCUT2D eigenvalue weighted by atomic mass is 79.9. The lowest BCUT2D eigenvalue weighted by molar-refractivity contribution is -0.297. The van der Waals surface area contributed by atoms with Gasteiger partial charge >= 0.3 is 6.18 Å². The van der Waals surface area contributed by atoms with Crippen molar-refractivity contribution in [1.82, 2.24) is 15.2 Å². The zero-order valence-electron chi connectivity index (χ0n) is 12.8. The number of benzene rings is 1. The van der Waals surface area contributed by atoms with Gasteiger partial charge in [0.05, 0.1) is 5.69 Å². The first-order valence-corrected chi connectivity index (χ1v) is 7.90. The third kappa shape index (κ3) is 3.07. The van der Waals surface area contributed by atoms with Gasteiger partial charge in [-0.1, -0.05) is 28.1 Å². The largest absolute Gasteiger partial charge is 0.438 e. The van der Waals surface area contributed by atoms with E-state index in [0.29, 0.717) is 11.3 Å². The third-order valence-corrected chi connectivity index (χ3v) is 4.19. The lowest BCUT2D eigenvalue weighted by Gasteiger charge is -2.32. The topological polar surface area (TPSA) is 81.6 Å². The molecule has 132 valence electrons. The van der Waals surface area contributed by atoms with Crippen LogP contribution in [-0.2, 0) is 0 Å². The van der Waals surface area contributed by atoms with Crippen LogP contribution in [0.4, 0.5) is 13.2 Å². The molecule has 1 aliphatic heterocycles. The number of aliphatic hydroxyl groups is 1. The zero-order valence-corrected chi connectivity index (χ0v) is 14.4. The van der Waals surface area contributed by atoms with E-state index in [4.69, 9.17) is 0 Å². The van der Waals surface area contributed by atoms with E-state index < -0.39 is 24.2 Å². The summed E-state index contributed by atoms with van der Waals surface area (Å²) in [5.41, 5.74) is -2.54. The standard InChI is InChI=1S/C15H12BrF3N4O2/c1-8-7-14(25,15(17,18)19)23(22-8)13(24)12-6-11(20-21-12)9-3-2-4-10(16)5-9/h2-6,25H,7H2,1H3,(H,20,21)/t14-/m0/s1. The first kappa shape index (κ1) is 17.6. The molecular weight excluding hydrogens is 405 g/mol. The molecule has 1 atom stereocenters. The maximum atomic E-state index is 13.2. The lowest BCUT2D eigenvalue weighted by atomic mass is 10.1. The molecule has 1 amide bonds. The van der Waals surface area contributed by atoms with Crippen LogP contribution in [0.1, 0.15) is 23.8 Å². The molecule has 1 aromatic heterocycles. The fraction of sp³-hybridized carbons (Fsp3) is 0.267. The summed E-state index contributed by atoms with van der Waals surface area (Å²) in [6, 6.07) is 8.34. The zero-order chi connectivity index (χ0) is 18.4. The van der Waals surface area contributed by atoms with Gasteiger partial charge < -0.3 is 5.11 Å². The SMILES string of the molecule is CC1=NN(C(=O)c2cc(-c3cccc(Br)c3)n[nH]2)[C@@](O)(C(F)(F)F)C1. The van der Waals surface area contributed by atoms with Gasteiger partial charge in [-0.3, -0.25) is 9.89 Å². The predicted molar refractivity (Wildman–Crippen MR) is 86.6 cm³/mol. The Bertz CT molecular complexity index is 864. The summed E-state index contributed by atoms with van der Waals surface area (Å²) in [5, 5.41) is 19.9. The van der Waals surface area contributed by atoms with Gasteiger partial charge in [0.15, 0.2) is 0 Å². The van der Waals surface area contributed by atoms with Gasteiger partial charge in [0.1, 0.15) is 5.69 Å². The Kier molecular flexibility index (Phi) is 4.20. The molecule has 0 aliphatic carbocycles. The van der Waals surface area contributed by atoms with Crippen LogP contribution in [0.5, 0.6) is 0 Å². The molecule has 2 heterocycles. The molecule has 2 N–H and O–H groups in total. The quantitative estimate of drug-likeness (QED) is 0.787. The van der Waals surface area contributed by atoms with Crippen molar-refractivity contribution in [1.29, 1.82) is 0 Å². The van der Waals surface area contributed by atoms with Crippen molar-refractivity contribution < 1.29 is 23.1 Å². The number of carbonyl (C=O) groups excluding carboxylic acids is 1. The number of H-pyrrole nitrogens is 1. The Hall–Kier alpha value is -2.20. The molecule has 0 saturated carbocycles. The van der Waals surface area contributed by atoms with E-state index in [1.165, 1.54) is 13.0 Å². The van der Waals surface area contributed by atoms with E-state index in [-0.39, 0.29) is 16.4 Å². The van der Waals surface area contributed by atoms with Gasteiger partial charge in [0.25, 0.3) is 11.6 Å². The van der Waals surface area contributed by atoms with Gasteiger partial charge in [-0.05, 0) is 25.1 Å². The fourth-order valence-electron chi connectivity index (χ4n) is 2.50. The normalized spacial score (nSPS) is 20.7. The summed E-state index contributed by atoms with van der Waals surface area (Å²) in [7, 11) is 0. The molecule has 0 fully saturated rings. The van der Waals surface area contributed by atoms with Crippen molar-refractivity contribution in [2.45, 2.75) is 25.2 Å². The van der Waals surface area contributed by atoms with E-state index >= 15 is 0 Å². The van der Waals surface area contributed by atoms with Crippen molar-refractivity contribution in [2.75, 3.05) is 0 Å². The molecule has 0 saturated heterocycles. The summed E-state index contributed by atoms with van der Waals surface area (Å²) in [5.74, 6) is -1.12. The Morgan fingerprint density at radius 1 is 1.40 bits per heavy atom. The number of nitrogens with one attached hydrogen (secondary N) is 1. The Labute approximate surface area is 148 Å². The molecule has 2 aromatic rings. The van der Waals surface area contributed by atoms with E-state index in [1.807, 2.05) is 0 Å². The van der Waals surface area contributed by atoms with Crippen molar-refractivity contribution in [2.24, 2.45) is 5.10 Å². The van der Waals surface area contributed by atoms with E-state index in [2.05, 4.69) is 31.2 Å². The number of hydrogen-bond donors (Lipinski definition) is 2. The second-order valence-electron chi connectivity index (χ2n) is 5.62. The molecule has 10 heteroatoms. The van der Waals surface area contributed by atoms with Crippen molar-refractivity contribution >= 4 is 27.5 Å². The fourth-order valence-corrected chi connectivity index (χ4v) is 2.89. The molecule has 25 heavy (non-hydrogen) atoms. The van der Waals surface area contributed by atoms with Crippen LogP contribution in [-0.4, -0.2) is 43.8 Å². The Balaban J connectivity index is 1.94. The molecule has 1 aromatic carbocycles. The molecule has 3 rings (SSSR count). The van der Waals surface area contributed by atoms with E-state index in [9.17, 15) is 23.1 Å². The van der Waals surface area contributed by atoms with Crippen LogP contribution in [0.15, 0.2) is 39.9 Å². The summed E-state index contributed by atoms with van der Waals surface area (Å²) in [4.78, 5) is 12.4. The Morgan fingerprint density at radius 2 is 2.12 bits per heavy atom. The number of hydrazone groups is 1. The van der Waals surface area contributed by atoms with Gasteiger partial charge in [0, 0.05) is 22.2 Å². The van der Waals surface area contributed by atoms with Gasteiger partial charge in [0.2, 0.25) is 0 Å². The molecular formula is C15H12BrF3N4O2. The summed E-state index contributed by atoms with van der Waals surface area (Å²) >= 11 is 3.30. The second-order valence-corrected chi connectivity index (χ2v) is 6.54. The number of rotatable bonds is 2. The van der Waals surface area contributed by atoms with Crippen LogP contribution in [0.3, 0.4) is 0 Å². The highest BCUT2D eigenvalue weighted by Gasteiger charge is 2.62. The number of aromatic amines is 1. The number of halogens is 4. The number of amides is 1. The molecule has 0 spiro atoms.